The molecule has 0 aromatic rings. The Kier molecular flexibility index (Phi) is 4.94. The Hall–Kier alpha value is -0.570. The lowest BCUT2D eigenvalue weighted by Crippen LogP contribution is -2.40. The van der Waals surface area contributed by atoms with Crippen LogP contribution in [0.15, 0.2) is 0 Å². The first-order chi connectivity index (χ1) is 6.77. The largest absolute Gasteiger partial charge is 0.342 e. The van der Waals surface area contributed by atoms with Crippen LogP contribution in [0, 0.1) is 5.92 Å². The van der Waals surface area contributed by atoms with Crippen molar-refractivity contribution in [3.05, 3.63) is 0 Å². The number of hydrogen-bond acceptors (Lipinski definition) is 2. The van der Waals surface area contributed by atoms with Gasteiger partial charge in [-0.15, -0.1) is 0 Å². The SMILES string of the molecule is CCN(CC)C(=O)CNCC1CCC1. The van der Waals surface area contributed by atoms with Crippen molar-refractivity contribution in [1.82, 2.24) is 10.2 Å². The Labute approximate surface area is 86.9 Å². The maximum absolute atomic E-state index is 11.6. The Morgan fingerprint density at radius 2 is 2.00 bits per heavy atom. The summed E-state index contributed by atoms with van der Waals surface area (Å²) in [6, 6.07) is 0. The molecule has 0 heterocycles. The lowest BCUT2D eigenvalue weighted by Gasteiger charge is -2.26. The molecule has 0 aromatic carbocycles. The molecular weight excluding hydrogens is 176 g/mol. The third kappa shape index (κ3) is 3.29. The third-order valence-corrected chi connectivity index (χ3v) is 3.05. The molecule has 3 nitrogen and oxygen atoms in total. The normalized spacial score (nSPS) is 16.4. The molecule has 82 valence electrons. The van der Waals surface area contributed by atoms with Crippen LogP contribution >= 0.6 is 0 Å². The van der Waals surface area contributed by atoms with Crippen molar-refractivity contribution < 1.29 is 4.79 Å². The highest BCUT2D eigenvalue weighted by Crippen LogP contribution is 2.24. The van der Waals surface area contributed by atoms with E-state index in [-0.39, 0.29) is 5.91 Å². The van der Waals surface area contributed by atoms with Crippen molar-refractivity contribution in [3.63, 3.8) is 0 Å². The lowest BCUT2D eigenvalue weighted by atomic mass is 9.85. The van der Waals surface area contributed by atoms with Gasteiger partial charge in [0.05, 0.1) is 6.54 Å². The maximum atomic E-state index is 11.6. The van der Waals surface area contributed by atoms with E-state index < -0.39 is 0 Å². The standard InChI is InChI=1S/C11H22N2O/c1-3-13(4-2)11(14)9-12-8-10-6-5-7-10/h10,12H,3-9H2,1-2H3. The first kappa shape index (κ1) is 11.5. The number of rotatable bonds is 6. The molecule has 0 spiro atoms. The highest BCUT2D eigenvalue weighted by Gasteiger charge is 2.17. The predicted molar refractivity (Wildman–Crippen MR) is 58.1 cm³/mol. The summed E-state index contributed by atoms with van der Waals surface area (Å²) in [5, 5.41) is 3.24. The van der Waals surface area contributed by atoms with Gasteiger partial charge >= 0.3 is 0 Å². The van der Waals surface area contributed by atoms with E-state index in [4.69, 9.17) is 0 Å². The van der Waals surface area contributed by atoms with Crippen molar-refractivity contribution in [2.24, 2.45) is 5.92 Å². The zero-order chi connectivity index (χ0) is 10.4. The van der Waals surface area contributed by atoms with E-state index in [0.29, 0.717) is 6.54 Å². The van der Waals surface area contributed by atoms with E-state index in [0.717, 1.165) is 25.6 Å². The molecule has 0 aromatic heterocycles. The quantitative estimate of drug-likeness (QED) is 0.696. The van der Waals surface area contributed by atoms with Gasteiger partial charge in [0, 0.05) is 13.1 Å². The van der Waals surface area contributed by atoms with Crippen LogP contribution in [0.1, 0.15) is 33.1 Å². The average molecular weight is 198 g/mol. The van der Waals surface area contributed by atoms with Crippen molar-refractivity contribution in [1.29, 1.82) is 0 Å². The highest BCUT2D eigenvalue weighted by atomic mass is 16.2. The van der Waals surface area contributed by atoms with Crippen LogP contribution in [0.3, 0.4) is 0 Å². The molecule has 14 heavy (non-hydrogen) atoms. The summed E-state index contributed by atoms with van der Waals surface area (Å²) in [6.07, 6.45) is 4.05. The fourth-order valence-electron chi connectivity index (χ4n) is 1.77. The summed E-state index contributed by atoms with van der Waals surface area (Å²) < 4.78 is 0. The van der Waals surface area contributed by atoms with E-state index in [1.165, 1.54) is 19.3 Å². The topological polar surface area (TPSA) is 32.3 Å². The number of amides is 1. The van der Waals surface area contributed by atoms with E-state index in [9.17, 15) is 4.79 Å². The van der Waals surface area contributed by atoms with Gasteiger partial charge in [0.15, 0.2) is 0 Å². The van der Waals surface area contributed by atoms with Crippen LogP contribution < -0.4 is 5.32 Å². The molecule has 0 saturated heterocycles. The number of nitrogens with one attached hydrogen (secondary N) is 1. The number of carbonyl (C=O) groups excluding carboxylic acids is 1. The summed E-state index contributed by atoms with van der Waals surface area (Å²) in [5.41, 5.74) is 0. The fourth-order valence-corrected chi connectivity index (χ4v) is 1.77. The zero-order valence-electron chi connectivity index (χ0n) is 9.38. The number of carbonyl (C=O) groups is 1. The van der Waals surface area contributed by atoms with E-state index in [1.54, 1.807) is 0 Å². The zero-order valence-corrected chi connectivity index (χ0v) is 9.38. The molecule has 1 fully saturated rings. The molecule has 0 radical (unpaired) electrons. The smallest absolute Gasteiger partial charge is 0.236 e. The van der Waals surface area contributed by atoms with E-state index in [1.807, 2.05) is 18.7 Å². The van der Waals surface area contributed by atoms with Crippen molar-refractivity contribution in [2.75, 3.05) is 26.2 Å². The van der Waals surface area contributed by atoms with Gasteiger partial charge in [-0.1, -0.05) is 6.42 Å². The second-order valence-electron chi connectivity index (χ2n) is 3.99. The minimum Gasteiger partial charge on any atom is -0.342 e. The first-order valence-corrected chi connectivity index (χ1v) is 5.76. The Morgan fingerprint density at radius 1 is 1.36 bits per heavy atom. The summed E-state index contributed by atoms with van der Waals surface area (Å²) in [4.78, 5) is 13.4. The molecule has 1 saturated carbocycles. The van der Waals surface area contributed by atoms with Crippen LogP contribution in [-0.4, -0.2) is 37.0 Å². The first-order valence-electron chi connectivity index (χ1n) is 5.76. The van der Waals surface area contributed by atoms with Crippen LogP contribution in [-0.2, 0) is 4.79 Å². The number of likely N-dealkylation sites (N-methyl/N-ethyl adjacent to an activating group) is 1. The van der Waals surface area contributed by atoms with Gasteiger partial charge in [0.25, 0.3) is 0 Å². The van der Waals surface area contributed by atoms with Gasteiger partial charge in [-0.25, -0.2) is 0 Å². The molecule has 1 amide bonds. The summed E-state index contributed by atoms with van der Waals surface area (Å²) in [6.45, 7) is 7.22. The third-order valence-electron chi connectivity index (χ3n) is 3.05. The van der Waals surface area contributed by atoms with Crippen LogP contribution in [0.2, 0.25) is 0 Å². The predicted octanol–water partition coefficient (Wildman–Crippen LogP) is 1.24. The van der Waals surface area contributed by atoms with Crippen molar-refractivity contribution >= 4 is 5.91 Å². The van der Waals surface area contributed by atoms with Crippen molar-refractivity contribution in [2.45, 2.75) is 33.1 Å². The summed E-state index contributed by atoms with van der Waals surface area (Å²) in [7, 11) is 0. The molecule has 0 atom stereocenters. The van der Waals surface area contributed by atoms with Crippen molar-refractivity contribution in [3.8, 4) is 0 Å². The van der Waals surface area contributed by atoms with Crippen LogP contribution in [0.4, 0.5) is 0 Å². The van der Waals surface area contributed by atoms with Gasteiger partial charge in [0.2, 0.25) is 5.91 Å². The molecule has 3 heteroatoms. The minimum atomic E-state index is 0.231. The van der Waals surface area contributed by atoms with Gasteiger partial charge in [-0.05, 0) is 39.2 Å². The average Bonchev–Trinajstić information content (AvgIpc) is 2.11. The van der Waals surface area contributed by atoms with Crippen LogP contribution in [0.5, 0.6) is 0 Å². The Balaban J connectivity index is 2.06. The minimum absolute atomic E-state index is 0.231. The highest BCUT2D eigenvalue weighted by molar-refractivity contribution is 5.78. The van der Waals surface area contributed by atoms with E-state index in [2.05, 4.69) is 5.32 Å². The molecule has 1 aliphatic rings. The van der Waals surface area contributed by atoms with Gasteiger partial charge in [-0.2, -0.15) is 0 Å². The van der Waals surface area contributed by atoms with E-state index >= 15 is 0 Å². The number of nitrogens with zero attached hydrogens (tertiary/aromatic N) is 1. The molecule has 1 aliphatic carbocycles. The molecule has 1 rings (SSSR count). The van der Waals surface area contributed by atoms with Crippen LogP contribution in [0.25, 0.3) is 0 Å². The monoisotopic (exact) mass is 198 g/mol. The summed E-state index contributed by atoms with van der Waals surface area (Å²) in [5.74, 6) is 1.06. The van der Waals surface area contributed by atoms with Gasteiger partial charge in [-0.3, -0.25) is 4.79 Å². The molecule has 0 bridgehead atoms. The Morgan fingerprint density at radius 3 is 2.43 bits per heavy atom. The molecule has 0 unspecified atom stereocenters. The maximum Gasteiger partial charge on any atom is 0.236 e. The lowest BCUT2D eigenvalue weighted by molar-refractivity contribution is -0.129. The summed E-state index contributed by atoms with van der Waals surface area (Å²) >= 11 is 0. The second-order valence-corrected chi connectivity index (χ2v) is 3.99. The molecule has 0 aliphatic heterocycles. The molecular formula is C11H22N2O. The second kappa shape index (κ2) is 6.02. The van der Waals surface area contributed by atoms with Gasteiger partial charge < -0.3 is 10.2 Å². The fraction of sp³-hybridized carbons (Fsp3) is 0.909. The Bertz CT molecular complexity index is 174. The number of hydrogen-bond donors (Lipinski definition) is 1. The van der Waals surface area contributed by atoms with Gasteiger partial charge in [0.1, 0.15) is 0 Å². The molecule has 1 N–H and O–H groups in total.